The van der Waals surface area contributed by atoms with Crippen LogP contribution in [0.25, 0.3) is 11.4 Å². The summed E-state index contributed by atoms with van der Waals surface area (Å²) in [6.07, 6.45) is 1.68. The van der Waals surface area contributed by atoms with E-state index < -0.39 is 5.82 Å². The van der Waals surface area contributed by atoms with E-state index in [9.17, 15) is 4.39 Å². The zero-order chi connectivity index (χ0) is 16.7. The van der Waals surface area contributed by atoms with E-state index in [0.29, 0.717) is 17.1 Å². The van der Waals surface area contributed by atoms with Crippen LogP contribution in [0.3, 0.4) is 0 Å². The third-order valence-corrected chi connectivity index (χ3v) is 3.83. The van der Waals surface area contributed by atoms with Gasteiger partial charge in [0.2, 0.25) is 5.62 Å². The number of nitrogens with zero attached hydrogens (tertiary/aromatic N) is 4. The first-order valence-corrected chi connectivity index (χ1v) is 7.46. The molecule has 3 aliphatic rings. The zero-order valence-electron chi connectivity index (χ0n) is 13.0. The van der Waals surface area contributed by atoms with Crippen molar-refractivity contribution < 1.29 is 9.13 Å². The van der Waals surface area contributed by atoms with Crippen molar-refractivity contribution in [3.63, 3.8) is 0 Å². The summed E-state index contributed by atoms with van der Waals surface area (Å²) in [5, 5.41) is 3.25. The molecule has 1 aromatic carbocycles. The maximum absolute atomic E-state index is 14.0. The summed E-state index contributed by atoms with van der Waals surface area (Å²) >= 11 is 0. The molecule has 0 unspecified atom stereocenters. The van der Waals surface area contributed by atoms with E-state index in [1.54, 1.807) is 25.4 Å². The summed E-state index contributed by atoms with van der Waals surface area (Å²) in [5.74, 6) is 1.62. The molecule has 1 aromatic rings. The molecule has 4 rings (SSSR count). The first-order chi connectivity index (χ1) is 11.7. The van der Waals surface area contributed by atoms with Crippen molar-refractivity contribution in [2.24, 2.45) is 4.99 Å². The number of ether oxygens (including phenoxy) is 1. The second-order valence-corrected chi connectivity index (χ2v) is 5.40. The first-order valence-electron chi connectivity index (χ1n) is 7.46. The lowest BCUT2D eigenvalue weighted by molar-refractivity contribution is 0.441. The molecule has 0 atom stereocenters. The molecule has 3 N–H and O–H groups in total. The average molecular weight is 326 g/mol. The van der Waals surface area contributed by atoms with Crippen LogP contribution in [-0.2, 0) is 6.54 Å². The summed E-state index contributed by atoms with van der Waals surface area (Å²) in [5.41, 5.74) is 7.13. The third-order valence-electron chi connectivity index (χ3n) is 3.83. The van der Waals surface area contributed by atoms with E-state index in [1.165, 1.54) is 12.1 Å². The largest absolute Gasteiger partial charge is 0.450 e. The van der Waals surface area contributed by atoms with Crippen LogP contribution in [0.15, 0.2) is 35.5 Å². The Balaban J connectivity index is 1.86. The van der Waals surface area contributed by atoms with Crippen LogP contribution in [0.2, 0.25) is 0 Å². The van der Waals surface area contributed by atoms with Crippen molar-refractivity contribution in [1.82, 2.24) is 14.5 Å². The SMILES string of the molecule is CN=c1ncc2cc(Oc3ccc(N)cc3F)c3n(c-2n1)CCN3. The van der Waals surface area contributed by atoms with Crippen molar-refractivity contribution in [3.05, 3.63) is 41.9 Å². The lowest BCUT2D eigenvalue weighted by Gasteiger charge is -2.17. The van der Waals surface area contributed by atoms with Crippen molar-refractivity contribution in [3.8, 4) is 22.9 Å². The smallest absolute Gasteiger partial charge is 0.246 e. The molecule has 0 spiro atoms. The number of halogens is 1. The molecule has 3 heterocycles. The van der Waals surface area contributed by atoms with Crippen LogP contribution in [0.1, 0.15) is 0 Å². The van der Waals surface area contributed by atoms with Gasteiger partial charge < -0.3 is 20.4 Å². The van der Waals surface area contributed by atoms with Gasteiger partial charge in [-0.2, -0.15) is 4.98 Å². The molecule has 0 bridgehead atoms. The molecule has 8 heteroatoms. The number of rotatable bonds is 2. The highest BCUT2D eigenvalue weighted by Gasteiger charge is 2.23. The van der Waals surface area contributed by atoms with Crippen molar-refractivity contribution in [2.75, 3.05) is 24.6 Å². The Morgan fingerprint density at radius 1 is 1.33 bits per heavy atom. The molecule has 7 nitrogen and oxygen atoms in total. The molecular weight excluding hydrogens is 311 g/mol. The Morgan fingerprint density at radius 3 is 3.00 bits per heavy atom. The minimum absolute atomic E-state index is 0.112. The number of pyridine rings is 1. The number of fused-ring (bicyclic) bond motifs is 3. The Hall–Kier alpha value is -3.16. The topological polar surface area (TPSA) is 90.4 Å². The van der Waals surface area contributed by atoms with Crippen molar-refractivity contribution >= 4 is 11.5 Å². The number of benzene rings is 1. The van der Waals surface area contributed by atoms with Gasteiger partial charge in [-0.15, -0.1) is 0 Å². The van der Waals surface area contributed by atoms with Gasteiger partial charge in [-0.1, -0.05) is 0 Å². The standard InChI is InChI=1S/C16H15FN6O/c1-19-16-21-8-9-6-13(15-20-4-5-23(15)14(9)22-16)24-12-3-2-10(18)7-11(12)17/h2-3,6-8,20H,4-5,18H2,1H3. The quantitative estimate of drug-likeness (QED) is 0.702. The predicted octanol–water partition coefficient (Wildman–Crippen LogP) is 1.85. The highest BCUT2D eigenvalue weighted by atomic mass is 19.1. The maximum atomic E-state index is 14.0. The van der Waals surface area contributed by atoms with E-state index in [1.807, 2.05) is 4.57 Å². The number of hydrogen-bond donors (Lipinski definition) is 2. The van der Waals surface area contributed by atoms with Gasteiger partial charge in [-0.3, -0.25) is 4.99 Å². The predicted molar refractivity (Wildman–Crippen MR) is 87.5 cm³/mol. The zero-order valence-corrected chi connectivity index (χ0v) is 13.0. The molecule has 0 saturated heterocycles. The van der Waals surface area contributed by atoms with Crippen LogP contribution in [0, 0.1) is 5.82 Å². The van der Waals surface area contributed by atoms with Crippen molar-refractivity contribution in [1.29, 1.82) is 0 Å². The molecule has 0 radical (unpaired) electrons. The number of nitrogen functional groups attached to an aromatic ring is 1. The number of hydrogen-bond acceptors (Lipinski definition) is 6. The summed E-state index contributed by atoms with van der Waals surface area (Å²) < 4.78 is 21.8. The van der Waals surface area contributed by atoms with E-state index in [2.05, 4.69) is 20.3 Å². The normalized spacial score (nSPS) is 13.8. The number of nitrogens with two attached hydrogens (primary N) is 1. The van der Waals surface area contributed by atoms with Gasteiger partial charge >= 0.3 is 0 Å². The Kier molecular flexibility index (Phi) is 3.30. The molecule has 24 heavy (non-hydrogen) atoms. The average Bonchev–Trinajstić information content (AvgIpc) is 3.07. The molecule has 3 aliphatic heterocycles. The van der Waals surface area contributed by atoms with Gasteiger partial charge in [0.1, 0.15) is 5.82 Å². The van der Waals surface area contributed by atoms with Crippen LogP contribution >= 0.6 is 0 Å². The van der Waals surface area contributed by atoms with Crippen LogP contribution in [-0.4, -0.2) is 28.1 Å². The van der Waals surface area contributed by atoms with E-state index in [4.69, 9.17) is 10.5 Å². The second-order valence-electron chi connectivity index (χ2n) is 5.40. The number of aromatic nitrogens is 3. The first kappa shape index (κ1) is 14.4. The Bertz CT molecular complexity index is 967. The molecule has 122 valence electrons. The Labute approximate surface area is 137 Å². The molecule has 0 aliphatic carbocycles. The van der Waals surface area contributed by atoms with Gasteiger partial charge in [0.25, 0.3) is 0 Å². The van der Waals surface area contributed by atoms with E-state index in [-0.39, 0.29) is 5.75 Å². The molecule has 0 fully saturated rings. The van der Waals surface area contributed by atoms with Crippen molar-refractivity contribution in [2.45, 2.75) is 6.54 Å². The summed E-state index contributed by atoms with van der Waals surface area (Å²) in [6.45, 7) is 1.47. The molecule has 0 saturated carbocycles. The minimum Gasteiger partial charge on any atom is -0.450 e. The summed E-state index contributed by atoms with van der Waals surface area (Å²) in [7, 11) is 1.64. The van der Waals surface area contributed by atoms with Gasteiger partial charge in [0.05, 0.1) is 0 Å². The van der Waals surface area contributed by atoms with Gasteiger partial charge in [-0.25, -0.2) is 9.37 Å². The fourth-order valence-electron chi connectivity index (χ4n) is 2.73. The molecule has 0 amide bonds. The Morgan fingerprint density at radius 2 is 2.21 bits per heavy atom. The maximum Gasteiger partial charge on any atom is 0.246 e. The lowest BCUT2D eigenvalue weighted by atomic mass is 10.2. The van der Waals surface area contributed by atoms with Crippen LogP contribution < -0.4 is 21.4 Å². The summed E-state index contributed by atoms with van der Waals surface area (Å²) in [4.78, 5) is 12.6. The van der Waals surface area contributed by atoms with Gasteiger partial charge in [0, 0.05) is 43.7 Å². The van der Waals surface area contributed by atoms with Crippen LogP contribution in [0.5, 0.6) is 11.5 Å². The van der Waals surface area contributed by atoms with E-state index in [0.717, 1.165) is 30.3 Å². The summed E-state index contributed by atoms with van der Waals surface area (Å²) in [6, 6.07) is 6.12. The lowest BCUT2D eigenvalue weighted by Crippen LogP contribution is -2.17. The number of nitrogens with one attached hydrogen (secondary N) is 1. The van der Waals surface area contributed by atoms with Crippen LogP contribution in [0.4, 0.5) is 15.9 Å². The van der Waals surface area contributed by atoms with Gasteiger partial charge in [-0.05, 0) is 18.2 Å². The van der Waals surface area contributed by atoms with Gasteiger partial charge in [0.15, 0.2) is 23.1 Å². The van der Waals surface area contributed by atoms with E-state index >= 15 is 0 Å². The molecular formula is C16H15FN6O. The highest BCUT2D eigenvalue weighted by molar-refractivity contribution is 5.69. The monoisotopic (exact) mass is 326 g/mol. The fourth-order valence-corrected chi connectivity index (χ4v) is 2.73. The fraction of sp³-hybridized carbons (Fsp3) is 0.188. The molecule has 0 aromatic heterocycles. The highest BCUT2D eigenvalue weighted by Crippen LogP contribution is 2.38. The third kappa shape index (κ3) is 2.32. The second kappa shape index (κ2) is 5.48. The number of anilines is 2. The minimum atomic E-state index is -0.511.